The van der Waals surface area contributed by atoms with Gasteiger partial charge < -0.3 is 10.8 Å². The lowest BCUT2D eigenvalue weighted by atomic mass is 9.72. The number of benzene rings is 1. The Hall–Kier alpha value is -1.23. The van der Waals surface area contributed by atoms with Crippen LogP contribution in [0.4, 0.5) is 13.2 Å². The molecule has 1 aliphatic carbocycles. The van der Waals surface area contributed by atoms with Gasteiger partial charge in [-0.2, -0.15) is 13.2 Å². The molecular formula is C11H12F3NO. The van der Waals surface area contributed by atoms with Gasteiger partial charge >= 0.3 is 6.18 Å². The summed E-state index contributed by atoms with van der Waals surface area (Å²) in [6.07, 6.45) is -2.09. The highest BCUT2D eigenvalue weighted by atomic mass is 19.4. The SMILES string of the molecule is NC1(c2ccc(C(F)(F)F)cc2O)CCC1. The molecule has 2 rings (SSSR count). The standard InChI is InChI=1S/C11H12F3NO/c12-11(13,14)7-2-3-8(9(16)6-7)10(15)4-1-5-10/h2-3,6,16H,1,4-5,15H2. The van der Waals surface area contributed by atoms with Crippen molar-refractivity contribution in [2.24, 2.45) is 5.73 Å². The summed E-state index contributed by atoms with van der Waals surface area (Å²) in [5.41, 5.74) is 4.86. The van der Waals surface area contributed by atoms with Gasteiger partial charge in [-0.05, 0) is 31.4 Å². The number of halogens is 3. The van der Waals surface area contributed by atoms with Gasteiger partial charge in [0.25, 0.3) is 0 Å². The van der Waals surface area contributed by atoms with E-state index in [0.29, 0.717) is 18.4 Å². The van der Waals surface area contributed by atoms with Crippen LogP contribution >= 0.6 is 0 Å². The number of rotatable bonds is 1. The molecule has 1 aromatic rings. The van der Waals surface area contributed by atoms with E-state index in [2.05, 4.69) is 0 Å². The van der Waals surface area contributed by atoms with E-state index in [1.165, 1.54) is 6.07 Å². The molecule has 0 bridgehead atoms. The molecule has 2 nitrogen and oxygen atoms in total. The molecule has 0 heterocycles. The van der Waals surface area contributed by atoms with Gasteiger partial charge in [-0.15, -0.1) is 0 Å². The van der Waals surface area contributed by atoms with Crippen LogP contribution in [0.3, 0.4) is 0 Å². The number of aromatic hydroxyl groups is 1. The van der Waals surface area contributed by atoms with Crippen LogP contribution in [-0.4, -0.2) is 5.11 Å². The van der Waals surface area contributed by atoms with E-state index < -0.39 is 17.3 Å². The lowest BCUT2D eigenvalue weighted by Crippen LogP contribution is -2.43. The van der Waals surface area contributed by atoms with Crippen molar-refractivity contribution >= 4 is 0 Å². The monoisotopic (exact) mass is 231 g/mol. The van der Waals surface area contributed by atoms with Crippen LogP contribution in [0.25, 0.3) is 0 Å². The molecule has 0 atom stereocenters. The third-order valence-corrected chi connectivity index (χ3v) is 3.11. The number of hydrogen-bond acceptors (Lipinski definition) is 2. The molecule has 0 radical (unpaired) electrons. The second-order valence-electron chi connectivity index (χ2n) is 4.24. The average molecular weight is 231 g/mol. The maximum atomic E-state index is 12.3. The molecule has 0 aliphatic heterocycles. The maximum absolute atomic E-state index is 12.3. The van der Waals surface area contributed by atoms with Crippen LogP contribution in [0.2, 0.25) is 0 Å². The Balaban J connectivity index is 2.37. The first-order valence-corrected chi connectivity index (χ1v) is 5.02. The number of phenols is 1. The Kier molecular flexibility index (Phi) is 2.38. The molecule has 1 fully saturated rings. The van der Waals surface area contributed by atoms with Gasteiger partial charge in [0.05, 0.1) is 5.56 Å². The highest BCUT2D eigenvalue weighted by Gasteiger charge is 2.38. The van der Waals surface area contributed by atoms with Crippen LogP contribution in [0.5, 0.6) is 5.75 Å². The van der Waals surface area contributed by atoms with Gasteiger partial charge in [0.1, 0.15) is 5.75 Å². The van der Waals surface area contributed by atoms with Crippen molar-refractivity contribution in [2.45, 2.75) is 31.0 Å². The van der Waals surface area contributed by atoms with E-state index in [4.69, 9.17) is 5.73 Å². The van der Waals surface area contributed by atoms with Gasteiger partial charge in [-0.3, -0.25) is 0 Å². The van der Waals surface area contributed by atoms with Crippen molar-refractivity contribution in [2.75, 3.05) is 0 Å². The first-order chi connectivity index (χ1) is 7.33. The Morgan fingerprint density at radius 2 is 1.88 bits per heavy atom. The van der Waals surface area contributed by atoms with Crippen molar-refractivity contribution in [3.63, 3.8) is 0 Å². The summed E-state index contributed by atoms with van der Waals surface area (Å²) in [4.78, 5) is 0. The number of phenolic OH excluding ortho intramolecular Hbond substituents is 1. The Morgan fingerprint density at radius 3 is 2.25 bits per heavy atom. The van der Waals surface area contributed by atoms with Crippen molar-refractivity contribution in [1.82, 2.24) is 0 Å². The first kappa shape index (κ1) is 11.3. The summed E-state index contributed by atoms with van der Waals surface area (Å²) >= 11 is 0. The minimum Gasteiger partial charge on any atom is -0.508 e. The third-order valence-electron chi connectivity index (χ3n) is 3.11. The van der Waals surface area contributed by atoms with Crippen LogP contribution in [0.1, 0.15) is 30.4 Å². The molecule has 16 heavy (non-hydrogen) atoms. The predicted octanol–water partition coefficient (Wildman–Crippen LogP) is 2.75. The molecule has 88 valence electrons. The fourth-order valence-corrected chi connectivity index (χ4v) is 1.96. The molecule has 0 amide bonds. The molecule has 0 unspecified atom stereocenters. The van der Waals surface area contributed by atoms with E-state index in [-0.39, 0.29) is 5.75 Å². The summed E-state index contributed by atoms with van der Waals surface area (Å²) in [5, 5.41) is 9.58. The minimum absolute atomic E-state index is 0.364. The summed E-state index contributed by atoms with van der Waals surface area (Å²) in [5.74, 6) is -0.364. The molecule has 0 saturated heterocycles. The zero-order valence-electron chi connectivity index (χ0n) is 8.51. The Morgan fingerprint density at radius 1 is 1.25 bits per heavy atom. The zero-order valence-corrected chi connectivity index (χ0v) is 8.51. The van der Waals surface area contributed by atoms with Gasteiger partial charge in [0.2, 0.25) is 0 Å². The van der Waals surface area contributed by atoms with Crippen molar-refractivity contribution in [1.29, 1.82) is 0 Å². The highest BCUT2D eigenvalue weighted by molar-refractivity contribution is 5.42. The maximum Gasteiger partial charge on any atom is 0.416 e. The molecule has 5 heteroatoms. The fourth-order valence-electron chi connectivity index (χ4n) is 1.96. The molecule has 1 aromatic carbocycles. The van der Waals surface area contributed by atoms with Crippen LogP contribution in [-0.2, 0) is 11.7 Å². The second kappa shape index (κ2) is 3.38. The topological polar surface area (TPSA) is 46.2 Å². The van der Waals surface area contributed by atoms with E-state index in [1.807, 2.05) is 0 Å². The van der Waals surface area contributed by atoms with Crippen molar-refractivity contribution < 1.29 is 18.3 Å². The number of alkyl halides is 3. The number of nitrogens with two attached hydrogens (primary N) is 1. The summed E-state index contributed by atoms with van der Waals surface area (Å²) in [6, 6.07) is 2.97. The zero-order chi connectivity index (χ0) is 12.0. The fraction of sp³-hybridized carbons (Fsp3) is 0.455. The lowest BCUT2D eigenvalue weighted by Gasteiger charge is -2.39. The van der Waals surface area contributed by atoms with Crippen molar-refractivity contribution in [3.8, 4) is 5.75 Å². The second-order valence-corrected chi connectivity index (χ2v) is 4.24. The van der Waals surface area contributed by atoms with Crippen molar-refractivity contribution in [3.05, 3.63) is 29.3 Å². The first-order valence-electron chi connectivity index (χ1n) is 5.02. The van der Waals surface area contributed by atoms with Crippen LogP contribution in [0, 0.1) is 0 Å². The van der Waals surface area contributed by atoms with Gasteiger partial charge in [0.15, 0.2) is 0 Å². The molecule has 1 aliphatic rings. The van der Waals surface area contributed by atoms with E-state index in [0.717, 1.165) is 18.6 Å². The van der Waals surface area contributed by atoms with Gasteiger partial charge in [-0.25, -0.2) is 0 Å². The van der Waals surface area contributed by atoms with E-state index >= 15 is 0 Å². The van der Waals surface area contributed by atoms with Crippen LogP contribution < -0.4 is 5.73 Å². The number of hydrogen-bond donors (Lipinski definition) is 2. The third kappa shape index (κ3) is 1.75. The van der Waals surface area contributed by atoms with E-state index in [9.17, 15) is 18.3 Å². The normalized spacial score (nSPS) is 19.2. The molecule has 3 N–H and O–H groups in total. The smallest absolute Gasteiger partial charge is 0.416 e. The molecular weight excluding hydrogens is 219 g/mol. The quantitative estimate of drug-likeness (QED) is 0.780. The summed E-state index contributed by atoms with van der Waals surface area (Å²) < 4.78 is 37.0. The largest absolute Gasteiger partial charge is 0.508 e. The Bertz CT molecular complexity index is 410. The molecule has 0 aromatic heterocycles. The minimum atomic E-state index is -4.43. The highest BCUT2D eigenvalue weighted by Crippen LogP contribution is 2.43. The van der Waals surface area contributed by atoms with E-state index in [1.54, 1.807) is 0 Å². The Labute approximate surface area is 90.9 Å². The molecule has 0 spiro atoms. The summed E-state index contributed by atoms with van der Waals surface area (Å²) in [7, 11) is 0. The van der Waals surface area contributed by atoms with Gasteiger partial charge in [0, 0.05) is 11.1 Å². The average Bonchev–Trinajstić information content (AvgIpc) is 2.12. The predicted molar refractivity (Wildman–Crippen MR) is 52.8 cm³/mol. The lowest BCUT2D eigenvalue weighted by molar-refractivity contribution is -0.137. The molecule has 1 saturated carbocycles. The summed E-state index contributed by atoms with van der Waals surface area (Å²) in [6.45, 7) is 0. The van der Waals surface area contributed by atoms with Crippen LogP contribution in [0.15, 0.2) is 18.2 Å². The van der Waals surface area contributed by atoms with Gasteiger partial charge in [-0.1, -0.05) is 6.07 Å².